The van der Waals surface area contributed by atoms with Crippen molar-refractivity contribution in [3.63, 3.8) is 0 Å². The van der Waals surface area contributed by atoms with Crippen molar-refractivity contribution < 1.29 is 5.11 Å². The van der Waals surface area contributed by atoms with Crippen molar-refractivity contribution in [1.29, 1.82) is 0 Å². The third-order valence-corrected chi connectivity index (χ3v) is 5.28. The summed E-state index contributed by atoms with van der Waals surface area (Å²) >= 11 is 0. The smallest absolute Gasteiger partial charge is 0.0471 e. The van der Waals surface area contributed by atoms with Gasteiger partial charge in [0.2, 0.25) is 0 Å². The van der Waals surface area contributed by atoms with E-state index in [1.54, 1.807) is 0 Å². The molecule has 5 aromatic carbocycles. The monoisotopic (exact) mass is 504 g/mol. The molecule has 0 saturated carbocycles. The van der Waals surface area contributed by atoms with Crippen molar-refractivity contribution in [2.24, 2.45) is 0 Å². The summed E-state index contributed by atoms with van der Waals surface area (Å²) in [5.41, 5.74) is 7.75. The third kappa shape index (κ3) is 18.3. The Morgan fingerprint density at radius 1 is 0.342 bits per heavy atom. The highest BCUT2D eigenvalue weighted by Gasteiger charge is 1.88. The van der Waals surface area contributed by atoms with Gasteiger partial charge in [0.1, 0.15) is 0 Å². The second-order valence-electron chi connectivity index (χ2n) is 9.08. The highest BCUT2D eigenvalue weighted by atomic mass is 16.2. The van der Waals surface area contributed by atoms with Gasteiger partial charge in [-0.25, -0.2) is 0 Å². The van der Waals surface area contributed by atoms with E-state index in [1.165, 1.54) is 33.4 Å². The Morgan fingerprint density at radius 2 is 0.579 bits per heavy atom. The van der Waals surface area contributed by atoms with Crippen LogP contribution in [0.4, 0.5) is 0 Å². The lowest BCUT2D eigenvalue weighted by Gasteiger charge is -1.96. The Bertz CT molecular complexity index is 1020. The number of hydrogen-bond acceptors (Lipinski definition) is 1. The SMILES string of the molecule is Cc1ccc(CCO)cc1.Cc1ccccc1.Cc1ccccc1.Cc1ccccc1.Cc1ccccc1. The Hall–Kier alpha value is -3.94. The van der Waals surface area contributed by atoms with Gasteiger partial charge in [0.05, 0.1) is 0 Å². The molecule has 5 aromatic rings. The lowest BCUT2D eigenvalue weighted by molar-refractivity contribution is 0.299. The molecule has 0 aliphatic carbocycles. The molecule has 5 rings (SSSR count). The number of aliphatic hydroxyl groups excluding tert-OH is 1. The van der Waals surface area contributed by atoms with Crippen molar-refractivity contribution in [3.05, 3.63) is 179 Å². The van der Waals surface area contributed by atoms with Gasteiger partial charge in [-0.1, -0.05) is 173 Å². The van der Waals surface area contributed by atoms with Crippen LogP contribution in [-0.4, -0.2) is 11.7 Å². The first-order chi connectivity index (χ1) is 18.4. The molecule has 0 radical (unpaired) electrons. The van der Waals surface area contributed by atoms with Gasteiger partial charge in [-0.15, -0.1) is 0 Å². The molecule has 0 bridgehead atoms. The molecule has 0 atom stereocenters. The van der Waals surface area contributed by atoms with Crippen LogP contribution >= 0.6 is 0 Å². The second kappa shape index (κ2) is 21.2. The van der Waals surface area contributed by atoms with Crippen LogP contribution in [0.2, 0.25) is 0 Å². The molecule has 0 spiro atoms. The predicted octanol–water partition coefficient (Wildman–Crippen LogP) is 9.51. The van der Waals surface area contributed by atoms with Gasteiger partial charge in [-0.3, -0.25) is 0 Å². The fraction of sp³-hybridized carbons (Fsp3) is 0.189. The standard InChI is InChI=1S/C9H12O.4C7H8/c1-8-2-4-9(5-3-8)6-7-10;4*1-7-5-3-2-4-6-7/h2-5,10H,6-7H2,1H3;4*2-6H,1H3. The van der Waals surface area contributed by atoms with E-state index in [0.29, 0.717) is 0 Å². The first-order valence-corrected chi connectivity index (χ1v) is 13.1. The lowest BCUT2D eigenvalue weighted by atomic mass is 10.1. The molecule has 1 heteroatoms. The minimum atomic E-state index is 0.239. The van der Waals surface area contributed by atoms with Crippen molar-refractivity contribution in [2.45, 2.75) is 41.0 Å². The topological polar surface area (TPSA) is 20.2 Å². The molecule has 0 unspecified atom stereocenters. The number of hydrogen-bond donors (Lipinski definition) is 1. The fourth-order valence-corrected chi connectivity index (χ4v) is 3.02. The van der Waals surface area contributed by atoms with Gasteiger partial charge in [-0.2, -0.15) is 0 Å². The van der Waals surface area contributed by atoms with Crippen LogP contribution in [0.5, 0.6) is 0 Å². The summed E-state index contributed by atoms with van der Waals surface area (Å²) in [6, 6.07) is 49.3. The second-order valence-corrected chi connectivity index (χ2v) is 9.08. The van der Waals surface area contributed by atoms with Crippen LogP contribution < -0.4 is 0 Å². The summed E-state index contributed by atoms with van der Waals surface area (Å²) in [5, 5.41) is 8.59. The fourth-order valence-electron chi connectivity index (χ4n) is 3.02. The van der Waals surface area contributed by atoms with Crippen molar-refractivity contribution in [1.82, 2.24) is 0 Å². The molecular weight excluding hydrogens is 460 g/mol. The Morgan fingerprint density at radius 3 is 0.763 bits per heavy atom. The van der Waals surface area contributed by atoms with Crippen LogP contribution in [0.1, 0.15) is 33.4 Å². The number of benzene rings is 5. The lowest BCUT2D eigenvalue weighted by Crippen LogP contribution is -1.89. The maximum absolute atomic E-state index is 8.59. The molecule has 1 N–H and O–H groups in total. The van der Waals surface area contributed by atoms with Crippen LogP contribution in [0, 0.1) is 34.6 Å². The van der Waals surface area contributed by atoms with Gasteiger partial charge < -0.3 is 5.11 Å². The average molecular weight is 505 g/mol. The zero-order chi connectivity index (χ0) is 27.8. The zero-order valence-corrected chi connectivity index (χ0v) is 23.7. The molecule has 1 nitrogen and oxygen atoms in total. The number of aliphatic hydroxyl groups is 1. The van der Waals surface area contributed by atoms with E-state index in [0.717, 1.165) is 6.42 Å². The molecule has 0 aliphatic heterocycles. The highest BCUT2D eigenvalue weighted by molar-refractivity contribution is 5.21. The summed E-state index contributed by atoms with van der Waals surface area (Å²) in [6.07, 6.45) is 0.764. The first kappa shape index (κ1) is 32.1. The van der Waals surface area contributed by atoms with Crippen LogP contribution in [-0.2, 0) is 6.42 Å². The van der Waals surface area contributed by atoms with E-state index in [9.17, 15) is 0 Å². The molecular formula is C37H44O. The number of rotatable bonds is 2. The minimum Gasteiger partial charge on any atom is -0.396 e. The summed E-state index contributed by atoms with van der Waals surface area (Å²) in [4.78, 5) is 0. The minimum absolute atomic E-state index is 0.239. The quantitative estimate of drug-likeness (QED) is 0.254. The van der Waals surface area contributed by atoms with Crippen molar-refractivity contribution in [3.8, 4) is 0 Å². The van der Waals surface area contributed by atoms with E-state index in [4.69, 9.17) is 5.11 Å². The van der Waals surface area contributed by atoms with E-state index < -0.39 is 0 Å². The number of aryl methyl sites for hydroxylation is 5. The highest BCUT2D eigenvalue weighted by Crippen LogP contribution is 2.02. The summed E-state index contributed by atoms with van der Waals surface area (Å²) in [6.45, 7) is 10.6. The Kier molecular flexibility index (Phi) is 17.9. The first-order valence-electron chi connectivity index (χ1n) is 13.1. The molecule has 0 saturated heterocycles. The molecule has 198 valence electrons. The average Bonchev–Trinajstić information content (AvgIpc) is 2.93. The molecule has 0 aliphatic rings. The summed E-state index contributed by atoms with van der Waals surface area (Å²) < 4.78 is 0. The molecule has 0 amide bonds. The molecule has 38 heavy (non-hydrogen) atoms. The van der Waals surface area contributed by atoms with Gasteiger partial charge in [0.25, 0.3) is 0 Å². The molecule has 0 fully saturated rings. The van der Waals surface area contributed by atoms with Gasteiger partial charge in [-0.05, 0) is 46.6 Å². The third-order valence-electron chi connectivity index (χ3n) is 5.28. The summed E-state index contributed by atoms with van der Waals surface area (Å²) in [7, 11) is 0. The van der Waals surface area contributed by atoms with Crippen LogP contribution in [0.25, 0.3) is 0 Å². The van der Waals surface area contributed by atoms with Crippen LogP contribution in [0.15, 0.2) is 146 Å². The van der Waals surface area contributed by atoms with Gasteiger partial charge in [0, 0.05) is 6.61 Å². The van der Waals surface area contributed by atoms with E-state index >= 15 is 0 Å². The van der Waals surface area contributed by atoms with Gasteiger partial charge in [0.15, 0.2) is 0 Å². The summed E-state index contributed by atoms with van der Waals surface area (Å²) in [5.74, 6) is 0. The van der Waals surface area contributed by atoms with E-state index in [-0.39, 0.29) is 6.61 Å². The predicted molar refractivity (Wildman–Crippen MR) is 167 cm³/mol. The largest absolute Gasteiger partial charge is 0.396 e. The van der Waals surface area contributed by atoms with Crippen LogP contribution in [0.3, 0.4) is 0 Å². The van der Waals surface area contributed by atoms with Gasteiger partial charge >= 0.3 is 0 Å². The maximum Gasteiger partial charge on any atom is 0.0471 e. The zero-order valence-electron chi connectivity index (χ0n) is 23.7. The maximum atomic E-state index is 8.59. The van der Waals surface area contributed by atoms with Crippen molar-refractivity contribution in [2.75, 3.05) is 6.61 Å². The molecule has 0 aromatic heterocycles. The Balaban J connectivity index is 0.000000239. The van der Waals surface area contributed by atoms with E-state index in [2.05, 4.69) is 95.3 Å². The van der Waals surface area contributed by atoms with E-state index in [1.807, 2.05) is 84.9 Å². The normalized spacial score (nSPS) is 9.00. The van der Waals surface area contributed by atoms with Crippen molar-refractivity contribution >= 4 is 0 Å². The Labute approximate surface area is 231 Å². The molecule has 0 heterocycles.